The summed E-state index contributed by atoms with van der Waals surface area (Å²) in [7, 11) is 2.16. The third-order valence-electron chi connectivity index (χ3n) is 2.40. The van der Waals surface area contributed by atoms with Crippen LogP contribution < -0.4 is 0 Å². The maximum Gasteiger partial charge on any atom is 0.00934 e. The van der Waals surface area contributed by atoms with Gasteiger partial charge in [-0.2, -0.15) is 0 Å². The molecule has 1 rings (SSSR count). The molecule has 0 aliphatic carbocycles. The minimum atomic E-state index is 0.714. The van der Waals surface area contributed by atoms with E-state index < -0.39 is 0 Å². The van der Waals surface area contributed by atoms with Crippen molar-refractivity contribution in [3.8, 4) is 0 Å². The Balaban J connectivity index is 2.73. The molecule has 0 aromatic heterocycles. The van der Waals surface area contributed by atoms with E-state index in [0.29, 0.717) is 5.92 Å². The summed E-state index contributed by atoms with van der Waals surface area (Å²) in [5, 5.41) is 0. The normalized spacial score (nSPS) is 19.0. The Labute approximate surface area is 87.8 Å². The minimum absolute atomic E-state index is 0.714. The zero-order chi connectivity index (χ0) is 10.7. The highest BCUT2D eigenvalue weighted by atomic mass is 15.2. The Morgan fingerprint density at radius 2 is 1.79 bits per heavy atom. The van der Waals surface area contributed by atoms with Gasteiger partial charge < -0.3 is 4.90 Å². The average Bonchev–Trinajstić information content (AvgIpc) is 1.95. The van der Waals surface area contributed by atoms with E-state index in [1.165, 1.54) is 24.2 Å². The number of rotatable bonds is 3. The van der Waals surface area contributed by atoms with Crippen LogP contribution in [0, 0.1) is 5.92 Å². The molecule has 0 aromatic rings. The van der Waals surface area contributed by atoms with Gasteiger partial charge in [0, 0.05) is 19.0 Å². The van der Waals surface area contributed by atoms with E-state index in [-0.39, 0.29) is 0 Å². The summed E-state index contributed by atoms with van der Waals surface area (Å²) in [6.45, 7) is 12.7. The van der Waals surface area contributed by atoms with Crippen molar-refractivity contribution in [2.75, 3.05) is 20.1 Å². The average molecular weight is 191 g/mol. The van der Waals surface area contributed by atoms with Crippen molar-refractivity contribution in [3.63, 3.8) is 0 Å². The summed E-state index contributed by atoms with van der Waals surface area (Å²) in [4.78, 5) is 2.34. The first-order valence-electron chi connectivity index (χ1n) is 5.19. The van der Waals surface area contributed by atoms with Gasteiger partial charge in [-0.15, -0.1) is 0 Å². The smallest absolute Gasteiger partial charge is 0.00934 e. The monoisotopic (exact) mass is 191 g/mol. The van der Waals surface area contributed by atoms with Gasteiger partial charge in [-0.1, -0.05) is 29.9 Å². The quantitative estimate of drug-likeness (QED) is 0.620. The second kappa shape index (κ2) is 4.61. The van der Waals surface area contributed by atoms with Crippen molar-refractivity contribution in [1.29, 1.82) is 0 Å². The molecule has 1 saturated heterocycles. The van der Waals surface area contributed by atoms with Crippen LogP contribution in [0.25, 0.3) is 0 Å². The summed E-state index contributed by atoms with van der Waals surface area (Å²) < 4.78 is 0. The molecule has 0 unspecified atom stereocenters. The van der Waals surface area contributed by atoms with E-state index >= 15 is 0 Å². The van der Waals surface area contributed by atoms with Gasteiger partial charge in [0.15, 0.2) is 0 Å². The van der Waals surface area contributed by atoms with Gasteiger partial charge in [0.2, 0.25) is 0 Å². The highest BCUT2D eigenvalue weighted by Crippen LogP contribution is 2.24. The van der Waals surface area contributed by atoms with Crippen LogP contribution in [0.5, 0.6) is 0 Å². The van der Waals surface area contributed by atoms with E-state index in [1.54, 1.807) is 0 Å². The molecule has 0 atom stereocenters. The fourth-order valence-corrected chi connectivity index (χ4v) is 1.81. The molecule has 0 bridgehead atoms. The molecule has 0 amide bonds. The summed E-state index contributed by atoms with van der Waals surface area (Å²) >= 11 is 0. The van der Waals surface area contributed by atoms with Gasteiger partial charge in [0.25, 0.3) is 0 Å². The van der Waals surface area contributed by atoms with Crippen molar-refractivity contribution in [2.24, 2.45) is 5.92 Å². The van der Waals surface area contributed by atoms with Crippen molar-refractivity contribution >= 4 is 0 Å². The lowest BCUT2D eigenvalue weighted by molar-refractivity contribution is 0.164. The summed E-state index contributed by atoms with van der Waals surface area (Å²) in [6.07, 6.45) is 4.50. The number of hydrogen-bond acceptors (Lipinski definition) is 1. The number of likely N-dealkylation sites (tertiary alicyclic amines) is 1. The van der Waals surface area contributed by atoms with E-state index in [2.05, 4.69) is 51.4 Å². The van der Waals surface area contributed by atoms with Crippen LogP contribution in [0.2, 0.25) is 0 Å². The number of nitrogens with zero attached hydrogens (tertiary/aromatic N) is 1. The first-order valence-corrected chi connectivity index (χ1v) is 5.19. The van der Waals surface area contributed by atoms with Crippen LogP contribution in [0.3, 0.4) is 0 Å². The topological polar surface area (TPSA) is 3.24 Å². The maximum absolute atomic E-state index is 3.94. The molecule has 1 aliphatic heterocycles. The minimum Gasteiger partial charge on any atom is -0.305 e. The van der Waals surface area contributed by atoms with E-state index in [1.807, 2.05) is 0 Å². The molecule has 0 saturated carbocycles. The molecule has 0 N–H and O–H groups in total. The Morgan fingerprint density at radius 3 is 2.14 bits per heavy atom. The molecule has 0 spiro atoms. The zero-order valence-electron chi connectivity index (χ0n) is 9.80. The predicted molar refractivity (Wildman–Crippen MR) is 63.3 cm³/mol. The predicted octanol–water partition coefficient (Wildman–Crippen LogP) is 3.02. The Hall–Kier alpha value is -0.820. The van der Waals surface area contributed by atoms with Crippen molar-refractivity contribution < 1.29 is 0 Å². The van der Waals surface area contributed by atoms with Crippen molar-refractivity contribution in [1.82, 2.24) is 4.90 Å². The molecular formula is C13H21N. The van der Waals surface area contributed by atoms with E-state index in [0.717, 1.165) is 5.57 Å². The second-order valence-corrected chi connectivity index (χ2v) is 4.63. The lowest BCUT2D eigenvalue weighted by Crippen LogP contribution is -2.44. The molecule has 1 fully saturated rings. The van der Waals surface area contributed by atoms with Crippen LogP contribution in [0.4, 0.5) is 0 Å². The lowest BCUT2D eigenvalue weighted by Gasteiger charge is -2.37. The summed E-state index contributed by atoms with van der Waals surface area (Å²) in [5.74, 6) is 0.714. The Kier molecular flexibility index (Phi) is 3.70. The Bertz CT molecular complexity index is 274. The van der Waals surface area contributed by atoms with E-state index in [4.69, 9.17) is 0 Å². The SMILES string of the molecule is C=C(C)C=C(C=C(C)C)C1CN(C)C1. The lowest BCUT2D eigenvalue weighted by atomic mass is 9.89. The van der Waals surface area contributed by atoms with E-state index in [9.17, 15) is 0 Å². The number of hydrogen-bond donors (Lipinski definition) is 0. The molecule has 1 nitrogen and oxygen atoms in total. The second-order valence-electron chi connectivity index (χ2n) is 4.63. The van der Waals surface area contributed by atoms with Crippen LogP contribution in [0.15, 0.2) is 35.5 Å². The molecule has 1 aliphatic rings. The van der Waals surface area contributed by atoms with Gasteiger partial charge in [-0.05, 0) is 33.4 Å². The van der Waals surface area contributed by atoms with Gasteiger partial charge >= 0.3 is 0 Å². The molecule has 14 heavy (non-hydrogen) atoms. The maximum atomic E-state index is 3.94. The largest absolute Gasteiger partial charge is 0.305 e. The standard InChI is InChI=1S/C13H21N/c1-10(2)6-12(7-11(3)4)13-8-14(5)9-13/h6-7,13H,1,8-9H2,2-5H3. The van der Waals surface area contributed by atoms with Crippen molar-refractivity contribution in [3.05, 3.63) is 35.5 Å². The molecule has 1 heterocycles. The van der Waals surface area contributed by atoms with Crippen molar-refractivity contribution in [2.45, 2.75) is 20.8 Å². The molecule has 78 valence electrons. The van der Waals surface area contributed by atoms with Crippen LogP contribution in [0.1, 0.15) is 20.8 Å². The van der Waals surface area contributed by atoms with Gasteiger partial charge in [-0.25, -0.2) is 0 Å². The number of allylic oxidation sites excluding steroid dienone is 4. The molecule has 0 radical (unpaired) electrons. The molecule has 1 heteroatoms. The highest BCUT2D eigenvalue weighted by molar-refractivity contribution is 5.33. The molecule has 0 aromatic carbocycles. The Morgan fingerprint density at radius 1 is 1.21 bits per heavy atom. The van der Waals surface area contributed by atoms with Gasteiger partial charge in [0.05, 0.1) is 0 Å². The highest BCUT2D eigenvalue weighted by Gasteiger charge is 2.25. The van der Waals surface area contributed by atoms with Crippen LogP contribution >= 0.6 is 0 Å². The van der Waals surface area contributed by atoms with Gasteiger partial charge in [0.1, 0.15) is 0 Å². The van der Waals surface area contributed by atoms with Gasteiger partial charge in [-0.3, -0.25) is 0 Å². The summed E-state index contributed by atoms with van der Waals surface area (Å²) in [5.41, 5.74) is 3.95. The molecular weight excluding hydrogens is 170 g/mol. The summed E-state index contributed by atoms with van der Waals surface area (Å²) in [6, 6.07) is 0. The third-order valence-corrected chi connectivity index (χ3v) is 2.40. The zero-order valence-corrected chi connectivity index (χ0v) is 9.80. The fourth-order valence-electron chi connectivity index (χ4n) is 1.81. The first-order chi connectivity index (χ1) is 6.49. The van der Waals surface area contributed by atoms with Crippen LogP contribution in [-0.2, 0) is 0 Å². The first kappa shape index (κ1) is 11.3. The van der Waals surface area contributed by atoms with Crippen LogP contribution in [-0.4, -0.2) is 25.0 Å². The fraction of sp³-hybridized carbons (Fsp3) is 0.538. The third kappa shape index (κ3) is 3.15.